The van der Waals surface area contributed by atoms with E-state index in [-0.39, 0.29) is 6.42 Å². The summed E-state index contributed by atoms with van der Waals surface area (Å²) < 4.78 is 0. The van der Waals surface area contributed by atoms with Crippen LogP contribution < -0.4 is 15.1 Å². The molecule has 0 spiro atoms. The van der Waals surface area contributed by atoms with Crippen LogP contribution in [0.2, 0.25) is 0 Å². The van der Waals surface area contributed by atoms with Gasteiger partial charge in [-0.3, -0.25) is 24.5 Å². The molecule has 0 aliphatic heterocycles. The zero-order valence-electron chi connectivity index (χ0n) is 15.3. The third-order valence-corrected chi connectivity index (χ3v) is 3.95. The number of aryl methyl sites for hydroxylation is 1. The highest BCUT2D eigenvalue weighted by Gasteiger charge is 2.28. The number of carboxylic acids is 1. The van der Waals surface area contributed by atoms with Crippen LogP contribution in [0.5, 0.6) is 0 Å². The fourth-order valence-corrected chi connectivity index (χ4v) is 2.87. The SMILES string of the molecule is CCCC(C(=O)NC=O)N(C=O)c1cccc(CCC(=O)O)c1N(C)C. The van der Waals surface area contributed by atoms with E-state index in [1.54, 1.807) is 37.2 Å². The number of benzene rings is 1. The van der Waals surface area contributed by atoms with Gasteiger partial charge in [0.15, 0.2) is 0 Å². The van der Waals surface area contributed by atoms with Gasteiger partial charge < -0.3 is 14.9 Å². The molecular weight excluding hydrogens is 338 g/mol. The molecule has 142 valence electrons. The molecular formula is C18H25N3O5. The Labute approximate surface area is 152 Å². The molecule has 3 amide bonds. The zero-order valence-corrected chi connectivity index (χ0v) is 15.3. The van der Waals surface area contributed by atoms with Gasteiger partial charge in [0, 0.05) is 20.5 Å². The monoisotopic (exact) mass is 363 g/mol. The van der Waals surface area contributed by atoms with Crippen molar-refractivity contribution >= 4 is 36.1 Å². The molecule has 1 unspecified atom stereocenters. The van der Waals surface area contributed by atoms with Gasteiger partial charge >= 0.3 is 5.97 Å². The number of nitrogens with zero attached hydrogens (tertiary/aromatic N) is 2. The Morgan fingerprint density at radius 2 is 1.96 bits per heavy atom. The number of aliphatic carboxylic acids is 1. The van der Waals surface area contributed by atoms with Crippen molar-refractivity contribution in [3.63, 3.8) is 0 Å². The number of carboxylic acid groups (broad SMARTS) is 1. The smallest absolute Gasteiger partial charge is 0.303 e. The Bertz CT molecular complexity index is 660. The Kier molecular flexibility index (Phi) is 8.27. The van der Waals surface area contributed by atoms with Crippen molar-refractivity contribution in [1.82, 2.24) is 5.32 Å². The van der Waals surface area contributed by atoms with Gasteiger partial charge in [-0.25, -0.2) is 0 Å². The van der Waals surface area contributed by atoms with E-state index in [9.17, 15) is 19.2 Å². The molecule has 0 aliphatic rings. The summed E-state index contributed by atoms with van der Waals surface area (Å²) in [5.74, 6) is -1.48. The molecule has 0 saturated heterocycles. The maximum absolute atomic E-state index is 12.3. The predicted molar refractivity (Wildman–Crippen MR) is 98.2 cm³/mol. The summed E-state index contributed by atoms with van der Waals surface area (Å²) in [6.45, 7) is 1.88. The van der Waals surface area contributed by atoms with Crippen LogP contribution >= 0.6 is 0 Å². The van der Waals surface area contributed by atoms with Crippen molar-refractivity contribution in [3.05, 3.63) is 23.8 Å². The van der Waals surface area contributed by atoms with E-state index in [2.05, 4.69) is 5.32 Å². The molecule has 8 nitrogen and oxygen atoms in total. The van der Waals surface area contributed by atoms with Gasteiger partial charge in [0.1, 0.15) is 6.04 Å². The van der Waals surface area contributed by atoms with Gasteiger partial charge in [-0.1, -0.05) is 25.5 Å². The lowest BCUT2D eigenvalue weighted by Gasteiger charge is -2.31. The molecule has 0 radical (unpaired) electrons. The van der Waals surface area contributed by atoms with E-state index < -0.39 is 17.9 Å². The number of hydrogen-bond donors (Lipinski definition) is 2. The van der Waals surface area contributed by atoms with E-state index in [0.717, 1.165) is 5.56 Å². The summed E-state index contributed by atoms with van der Waals surface area (Å²) in [6.07, 6.45) is 2.12. The molecule has 0 aliphatic carbocycles. The summed E-state index contributed by atoms with van der Waals surface area (Å²) in [6, 6.07) is 4.38. The minimum atomic E-state index is -0.915. The van der Waals surface area contributed by atoms with Crippen molar-refractivity contribution in [2.24, 2.45) is 0 Å². The summed E-state index contributed by atoms with van der Waals surface area (Å²) in [7, 11) is 3.57. The molecule has 1 rings (SSSR count). The van der Waals surface area contributed by atoms with Gasteiger partial charge in [0.05, 0.1) is 11.4 Å². The molecule has 0 heterocycles. The normalized spacial score (nSPS) is 11.3. The van der Waals surface area contributed by atoms with Crippen molar-refractivity contribution in [2.75, 3.05) is 23.9 Å². The maximum Gasteiger partial charge on any atom is 0.303 e. The number of carbonyl (C=O) groups is 4. The van der Waals surface area contributed by atoms with Crippen molar-refractivity contribution in [1.29, 1.82) is 0 Å². The standard InChI is InChI=1S/C18H25N3O5/c1-4-6-15(18(26)19-11-22)21(12-23)14-8-5-7-13(9-10-16(24)25)17(14)20(2)3/h5,7-8,11-12,15H,4,6,9-10H2,1-3H3,(H,24,25)(H,19,22,26). The second-order valence-electron chi connectivity index (χ2n) is 6.02. The van der Waals surface area contributed by atoms with Gasteiger partial charge in [0.2, 0.25) is 18.7 Å². The average molecular weight is 363 g/mol. The van der Waals surface area contributed by atoms with E-state index in [1.165, 1.54) is 4.90 Å². The molecule has 8 heteroatoms. The molecule has 1 aromatic carbocycles. The largest absolute Gasteiger partial charge is 0.481 e. The predicted octanol–water partition coefficient (Wildman–Crippen LogP) is 1.17. The number of anilines is 2. The highest BCUT2D eigenvalue weighted by molar-refractivity contribution is 5.98. The van der Waals surface area contributed by atoms with Crippen LogP contribution in [0.1, 0.15) is 31.7 Å². The Hall–Kier alpha value is -2.90. The fourth-order valence-electron chi connectivity index (χ4n) is 2.87. The quantitative estimate of drug-likeness (QED) is 0.572. The number of hydrogen-bond acceptors (Lipinski definition) is 5. The number of carbonyl (C=O) groups excluding carboxylic acids is 3. The van der Waals surface area contributed by atoms with Gasteiger partial charge in [0.25, 0.3) is 0 Å². The van der Waals surface area contributed by atoms with Gasteiger partial charge in [-0.2, -0.15) is 0 Å². The first-order valence-corrected chi connectivity index (χ1v) is 8.36. The van der Waals surface area contributed by atoms with Crippen molar-refractivity contribution in [2.45, 2.75) is 38.6 Å². The third-order valence-electron chi connectivity index (χ3n) is 3.95. The second kappa shape index (κ2) is 10.2. The van der Waals surface area contributed by atoms with E-state index in [1.807, 2.05) is 6.92 Å². The van der Waals surface area contributed by atoms with Gasteiger partial charge in [-0.15, -0.1) is 0 Å². The van der Waals surface area contributed by atoms with Crippen LogP contribution in [-0.4, -0.2) is 49.9 Å². The Morgan fingerprint density at radius 3 is 2.46 bits per heavy atom. The van der Waals surface area contributed by atoms with Crippen LogP contribution in [-0.2, 0) is 25.6 Å². The second-order valence-corrected chi connectivity index (χ2v) is 6.02. The fraction of sp³-hybridized carbons (Fsp3) is 0.444. The molecule has 1 atom stereocenters. The molecule has 0 saturated carbocycles. The molecule has 1 aromatic rings. The third kappa shape index (κ3) is 5.30. The number of nitrogens with one attached hydrogen (secondary N) is 1. The van der Waals surface area contributed by atoms with E-state index in [4.69, 9.17) is 5.11 Å². The molecule has 2 N–H and O–H groups in total. The number of rotatable bonds is 11. The zero-order chi connectivity index (χ0) is 19.7. The topological polar surface area (TPSA) is 107 Å². The van der Waals surface area contributed by atoms with Crippen molar-refractivity contribution < 1.29 is 24.3 Å². The van der Waals surface area contributed by atoms with Crippen LogP contribution in [0.4, 0.5) is 11.4 Å². The van der Waals surface area contributed by atoms with Crippen LogP contribution in [0, 0.1) is 0 Å². The minimum Gasteiger partial charge on any atom is -0.481 e. The first kappa shape index (κ1) is 21.1. The molecule has 0 fully saturated rings. The average Bonchev–Trinajstić information content (AvgIpc) is 2.59. The lowest BCUT2D eigenvalue weighted by Crippen LogP contribution is -2.46. The maximum atomic E-state index is 12.3. The summed E-state index contributed by atoms with van der Waals surface area (Å²) in [5.41, 5.74) is 1.92. The highest BCUT2D eigenvalue weighted by atomic mass is 16.4. The number of imide groups is 1. The van der Waals surface area contributed by atoms with Gasteiger partial charge in [-0.05, 0) is 24.5 Å². The summed E-state index contributed by atoms with van der Waals surface area (Å²) >= 11 is 0. The van der Waals surface area contributed by atoms with E-state index >= 15 is 0 Å². The molecule has 0 bridgehead atoms. The lowest BCUT2D eigenvalue weighted by atomic mass is 10.0. The van der Waals surface area contributed by atoms with E-state index in [0.29, 0.717) is 43.5 Å². The first-order valence-electron chi connectivity index (χ1n) is 8.36. The summed E-state index contributed by atoms with van der Waals surface area (Å²) in [5, 5.41) is 11.1. The lowest BCUT2D eigenvalue weighted by molar-refractivity contribution is -0.137. The van der Waals surface area contributed by atoms with Crippen molar-refractivity contribution in [3.8, 4) is 0 Å². The van der Waals surface area contributed by atoms with Crippen LogP contribution in [0.3, 0.4) is 0 Å². The molecule has 26 heavy (non-hydrogen) atoms. The van der Waals surface area contributed by atoms with Crippen LogP contribution in [0.25, 0.3) is 0 Å². The number of para-hydroxylation sites is 1. The minimum absolute atomic E-state index is 0.0462. The summed E-state index contributed by atoms with van der Waals surface area (Å²) in [4.78, 5) is 48.7. The Morgan fingerprint density at radius 1 is 1.27 bits per heavy atom. The number of amides is 3. The Balaban J connectivity index is 3.40. The first-order chi connectivity index (χ1) is 12.4. The van der Waals surface area contributed by atoms with Crippen LogP contribution in [0.15, 0.2) is 18.2 Å². The highest BCUT2D eigenvalue weighted by Crippen LogP contribution is 2.34. The molecule has 0 aromatic heterocycles.